The Hall–Kier alpha value is -2.00. The number of amides is 1. The van der Waals surface area contributed by atoms with E-state index in [0.29, 0.717) is 30.3 Å². The summed E-state index contributed by atoms with van der Waals surface area (Å²) < 4.78 is 5.72. The fourth-order valence-electron chi connectivity index (χ4n) is 2.47. The Morgan fingerprint density at radius 1 is 1.21 bits per heavy atom. The quantitative estimate of drug-likeness (QED) is 0.336. The van der Waals surface area contributed by atoms with Gasteiger partial charge in [0.15, 0.2) is 5.96 Å². The number of nitrogens with zero attached hydrogens (tertiary/aromatic N) is 2. The van der Waals surface area contributed by atoms with Gasteiger partial charge in [-0.15, -0.1) is 24.0 Å². The van der Waals surface area contributed by atoms with Gasteiger partial charge in [0.1, 0.15) is 12.4 Å². The Kier molecular flexibility index (Phi) is 10.7. The SMILES string of the molecule is CN=C(NCc1cccc(C(=O)NC)c1)N(C)CCOc1ccc(Cl)cc1.I. The predicted molar refractivity (Wildman–Crippen MR) is 125 cm³/mol. The number of halogens is 2. The third-order valence-electron chi connectivity index (χ3n) is 3.95. The van der Waals surface area contributed by atoms with E-state index >= 15 is 0 Å². The van der Waals surface area contributed by atoms with Crippen molar-refractivity contribution >= 4 is 47.4 Å². The summed E-state index contributed by atoms with van der Waals surface area (Å²) in [5, 5.41) is 6.61. The van der Waals surface area contributed by atoms with Crippen LogP contribution in [0.3, 0.4) is 0 Å². The highest BCUT2D eigenvalue weighted by molar-refractivity contribution is 14.0. The number of carbonyl (C=O) groups is 1. The molecule has 0 bridgehead atoms. The summed E-state index contributed by atoms with van der Waals surface area (Å²) in [6, 6.07) is 14.8. The summed E-state index contributed by atoms with van der Waals surface area (Å²) in [6.07, 6.45) is 0. The molecule has 152 valence electrons. The molecule has 2 N–H and O–H groups in total. The molecule has 1 amide bonds. The molecule has 0 aliphatic carbocycles. The molecule has 0 heterocycles. The highest BCUT2D eigenvalue weighted by atomic mass is 127. The number of carbonyl (C=O) groups excluding carboxylic acids is 1. The molecule has 2 aromatic carbocycles. The van der Waals surface area contributed by atoms with Crippen molar-refractivity contribution in [2.24, 2.45) is 4.99 Å². The van der Waals surface area contributed by atoms with Gasteiger partial charge < -0.3 is 20.3 Å². The van der Waals surface area contributed by atoms with Crippen LogP contribution in [0.2, 0.25) is 5.02 Å². The van der Waals surface area contributed by atoms with Gasteiger partial charge in [-0.1, -0.05) is 23.7 Å². The van der Waals surface area contributed by atoms with E-state index in [1.165, 1.54) is 0 Å². The van der Waals surface area contributed by atoms with Crippen LogP contribution in [0.25, 0.3) is 0 Å². The lowest BCUT2D eigenvalue weighted by Crippen LogP contribution is -2.40. The maximum absolute atomic E-state index is 11.7. The largest absolute Gasteiger partial charge is 0.492 e. The highest BCUT2D eigenvalue weighted by Gasteiger charge is 2.08. The molecule has 28 heavy (non-hydrogen) atoms. The molecule has 0 aliphatic rings. The summed E-state index contributed by atoms with van der Waals surface area (Å²) in [5.41, 5.74) is 1.64. The summed E-state index contributed by atoms with van der Waals surface area (Å²) in [6.45, 7) is 1.76. The molecular weight excluding hydrogens is 491 g/mol. The molecule has 0 saturated carbocycles. The number of rotatable bonds is 7. The molecule has 0 aliphatic heterocycles. The third kappa shape index (κ3) is 7.55. The summed E-state index contributed by atoms with van der Waals surface area (Å²) in [7, 11) is 5.30. The molecule has 8 heteroatoms. The van der Waals surface area contributed by atoms with Gasteiger partial charge in [-0.05, 0) is 42.0 Å². The van der Waals surface area contributed by atoms with E-state index in [9.17, 15) is 4.79 Å². The second kappa shape index (κ2) is 12.5. The molecule has 2 rings (SSSR count). The van der Waals surface area contributed by atoms with Gasteiger partial charge in [0.25, 0.3) is 5.91 Å². The zero-order chi connectivity index (χ0) is 19.6. The van der Waals surface area contributed by atoms with Crippen molar-refractivity contribution in [1.82, 2.24) is 15.5 Å². The monoisotopic (exact) mass is 516 g/mol. The Morgan fingerprint density at radius 3 is 2.57 bits per heavy atom. The van der Waals surface area contributed by atoms with Crippen molar-refractivity contribution in [2.45, 2.75) is 6.54 Å². The van der Waals surface area contributed by atoms with Gasteiger partial charge in [-0.25, -0.2) is 0 Å². The zero-order valence-corrected chi connectivity index (χ0v) is 19.3. The van der Waals surface area contributed by atoms with Crippen molar-refractivity contribution in [1.29, 1.82) is 0 Å². The second-order valence-electron chi connectivity index (χ2n) is 5.90. The first-order chi connectivity index (χ1) is 13.0. The maximum atomic E-state index is 11.7. The Bertz CT molecular complexity index is 784. The first kappa shape index (κ1) is 24.0. The van der Waals surface area contributed by atoms with Crippen LogP contribution in [0.15, 0.2) is 53.5 Å². The van der Waals surface area contributed by atoms with Gasteiger partial charge >= 0.3 is 0 Å². The third-order valence-corrected chi connectivity index (χ3v) is 4.20. The topological polar surface area (TPSA) is 66.0 Å². The maximum Gasteiger partial charge on any atom is 0.251 e. The fourth-order valence-corrected chi connectivity index (χ4v) is 2.60. The number of aliphatic imine (C=N–C) groups is 1. The molecule has 2 aromatic rings. The van der Waals surface area contributed by atoms with Crippen LogP contribution in [0.5, 0.6) is 5.75 Å². The number of hydrogen-bond donors (Lipinski definition) is 2. The van der Waals surface area contributed by atoms with Crippen molar-refractivity contribution in [3.63, 3.8) is 0 Å². The van der Waals surface area contributed by atoms with E-state index in [2.05, 4.69) is 15.6 Å². The lowest BCUT2D eigenvalue weighted by atomic mass is 10.1. The molecule has 0 aromatic heterocycles. The number of ether oxygens (including phenoxy) is 1. The lowest BCUT2D eigenvalue weighted by Gasteiger charge is -2.22. The molecule has 6 nitrogen and oxygen atoms in total. The van der Waals surface area contributed by atoms with E-state index in [-0.39, 0.29) is 29.9 Å². The molecule has 0 radical (unpaired) electrons. The first-order valence-corrected chi connectivity index (χ1v) is 9.02. The lowest BCUT2D eigenvalue weighted by molar-refractivity contribution is 0.0963. The average molecular weight is 517 g/mol. The van der Waals surface area contributed by atoms with Crippen LogP contribution >= 0.6 is 35.6 Å². The van der Waals surface area contributed by atoms with E-state index in [1.807, 2.05) is 42.3 Å². The Labute approximate surface area is 188 Å². The zero-order valence-electron chi connectivity index (χ0n) is 16.2. The van der Waals surface area contributed by atoms with Gasteiger partial charge in [-0.3, -0.25) is 9.79 Å². The number of benzene rings is 2. The first-order valence-electron chi connectivity index (χ1n) is 8.64. The second-order valence-corrected chi connectivity index (χ2v) is 6.34. The minimum Gasteiger partial charge on any atom is -0.492 e. The average Bonchev–Trinajstić information content (AvgIpc) is 2.69. The van der Waals surface area contributed by atoms with E-state index in [1.54, 1.807) is 32.3 Å². The van der Waals surface area contributed by atoms with Gasteiger partial charge in [0, 0.05) is 38.3 Å². The normalized spacial score (nSPS) is 10.6. The standard InChI is InChI=1S/C20H25ClN4O2.HI/c1-22-19(26)16-6-4-5-15(13-16)14-24-20(23-2)25(3)11-12-27-18-9-7-17(21)8-10-18;/h4-10,13H,11-12,14H2,1-3H3,(H,22,26)(H,23,24);1H. The Morgan fingerprint density at radius 2 is 1.93 bits per heavy atom. The van der Waals surface area contributed by atoms with Gasteiger partial charge in [0.05, 0.1) is 6.54 Å². The summed E-state index contributed by atoms with van der Waals surface area (Å²) in [5.74, 6) is 1.43. The van der Waals surface area contributed by atoms with Crippen molar-refractivity contribution in [3.05, 3.63) is 64.7 Å². The molecule has 0 saturated heterocycles. The summed E-state index contributed by atoms with van der Waals surface area (Å²) in [4.78, 5) is 18.0. The van der Waals surface area contributed by atoms with Crippen LogP contribution in [0.4, 0.5) is 0 Å². The van der Waals surface area contributed by atoms with Gasteiger partial charge in [0.2, 0.25) is 0 Å². The molecular formula is C20H26ClIN4O2. The minimum atomic E-state index is -0.0994. The summed E-state index contributed by atoms with van der Waals surface area (Å²) >= 11 is 5.87. The van der Waals surface area contributed by atoms with Crippen LogP contribution < -0.4 is 15.4 Å². The smallest absolute Gasteiger partial charge is 0.251 e. The number of likely N-dealkylation sites (N-methyl/N-ethyl adjacent to an activating group) is 1. The molecule has 0 atom stereocenters. The fraction of sp³-hybridized carbons (Fsp3) is 0.300. The number of guanidine groups is 1. The minimum absolute atomic E-state index is 0. The van der Waals surface area contributed by atoms with Crippen molar-refractivity contribution in [3.8, 4) is 5.75 Å². The van der Waals surface area contributed by atoms with Crippen molar-refractivity contribution in [2.75, 3.05) is 34.3 Å². The number of hydrogen-bond acceptors (Lipinski definition) is 3. The highest BCUT2D eigenvalue weighted by Crippen LogP contribution is 2.15. The van der Waals surface area contributed by atoms with E-state index in [0.717, 1.165) is 17.3 Å². The van der Waals surface area contributed by atoms with Crippen LogP contribution in [-0.2, 0) is 6.54 Å². The van der Waals surface area contributed by atoms with Crippen LogP contribution in [0, 0.1) is 0 Å². The molecule has 0 fully saturated rings. The molecule has 0 unspecified atom stereocenters. The van der Waals surface area contributed by atoms with E-state index in [4.69, 9.17) is 16.3 Å². The molecule has 0 spiro atoms. The predicted octanol–water partition coefficient (Wildman–Crippen LogP) is 3.40. The van der Waals surface area contributed by atoms with Crippen molar-refractivity contribution < 1.29 is 9.53 Å². The van der Waals surface area contributed by atoms with E-state index < -0.39 is 0 Å². The number of nitrogens with one attached hydrogen (secondary N) is 2. The Balaban J connectivity index is 0.00000392. The van der Waals surface area contributed by atoms with Crippen LogP contribution in [-0.4, -0.2) is 51.1 Å². The van der Waals surface area contributed by atoms with Gasteiger partial charge in [-0.2, -0.15) is 0 Å². The van der Waals surface area contributed by atoms with Crippen LogP contribution in [0.1, 0.15) is 15.9 Å².